The summed E-state index contributed by atoms with van der Waals surface area (Å²) in [5, 5.41) is 0.198. The van der Waals surface area contributed by atoms with Gasteiger partial charge in [0, 0.05) is 0 Å². The van der Waals surface area contributed by atoms with Gasteiger partial charge in [0.25, 0.3) is 0 Å². The fourth-order valence-electron chi connectivity index (χ4n) is 4.79. The van der Waals surface area contributed by atoms with Crippen molar-refractivity contribution in [2.45, 2.75) is 79.1 Å². The molecule has 4 heteroatoms. The van der Waals surface area contributed by atoms with Crippen molar-refractivity contribution in [1.29, 1.82) is 0 Å². The lowest BCUT2D eigenvalue weighted by Crippen LogP contribution is -2.54. The molecule has 7 atom stereocenters. The number of ether oxygens (including phenoxy) is 1. The van der Waals surface area contributed by atoms with Crippen LogP contribution in [0.1, 0.15) is 54.9 Å². The van der Waals surface area contributed by atoms with Crippen molar-refractivity contribution >= 4 is 14.3 Å². The zero-order valence-electron chi connectivity index (χ0n) is 18.3. The second kappa shape index (κ2) is 7.79. The largest absolute Gasteiger partial charge is 0.466 e. The van der Waals surface area contributed by atoms with E-state index in [1.165, 1.54) is 0 Å². The van der Waals surface area contributed by atoms with Gasteiger partial charge in [-0.2, -0.15) is 0 Å². The second-order valence-electron chi connectivity index (χ2n) is 10.2. The Morgan fingerprint density at radius 3 is 2.31 bits per heavy atom. The summed E-state index contributed by atoms with van der Waals surface area (Å²) >= 11 is 0. The summed E-state index contributed by atoms with van der Waals surface area (Å²) in [5.41, 5.74) is 0. The van der Waals surface area contributed by atoms with Gasteiger partial charge in [0.2, 0.25) is 0 Å². The number of hydrogen-bond acceptors (Lipinski definition) is 3. The van der Waals surface area contributed by atoms with Gasteiger partial charge in [-0.25, -0.2) is 0 Å². The number of allylic oxidation sites excluding steroid dienone is 2. The van der Waals surface area contributed by atoms with Gasteiger partial charge in [0.15, 0.2) is 8.32 Å². The van der Waals surface area contributed by atoms with Gasteiger partial charge < -0.3 is 9.16 Å². The highest BCUT2D eigenvalue weighted by atomic mass is 28.4. The van der Waals surface area contributed by atoms with Gasteiger partial charge in [0.1, 0.15) is 0 Å². The third-order valence-corrected chi connectivity index (χ3v) is 11.7. The first-order valence-corrected chi connectivity index (χ1v) is 13.3. The Morgan fingerprint density at radius 1 is 1.15 bits per heavy atom. The van der Waals surface area contributed by atoms with Crippen molar-refractivity contribution in [2.24, 2.45) is 35.5 Å². The fourth-order valence-corrected chi connectivity index (χ4v) is 6.27. The highest BCUT2D eigenvalue weighted by Gasteiger charge is 2.51. The molecular weight excluding hydrogens is 340 g/mol. The molecule has 0 aliphatic heterocycles. The summed E-state index contributed by atoms with van der Waals surface area (Å²) in [7, 11) is -1.85. The lowest BCUT2D eigenvalue weighted by atomic mass is 9.58. The first-order chi connectivity index (χ1) is 11.9. The van der Waals surface area contributed by atoms with E-state index in [0.717, 1.165) is 6.42 Å². The second-order valence-corrected chi connectivity index (χ2v) is 14.9. The molecule has 150 valence electrons. The molecule has 2 aliphatic carbocycles. The zero-order valence-corrected chi connectivity index (χ0v) is 19.3. The van der Waals surface area contributed by atoms with Crippen molar-refractivity contribution in [2.75, 3.05) is 6.61 Å². The molecule has 0 saturated heterocycles. The Kier molecular flexibility index (Phi) is 6.49. The van der Waals surface area contributed by atoms with Gasteiger partial charge in [0.05, 0.1) is 18.6 Å². The predicted octanol–water partition coefficient (Wildman–Crippen LogP) is 5.67. The van der Waals surface area contributed by atoms with E-state index in [2.05, 4.69) is 66.8 Å². The third-order valence-electron chi connectivity index (χ3n) is 7.26. The molecule has 0 amide bonds. The number of carbonyl (C=O) groups excluding carboxylic acids is 1. The zero-order chi connectivity index (χ0) is 19.9. The molecule has 0 N–H and O–H groups in total. The highest BCUT2D eigenvalue weighted by Crippen LogP contribution is 2.50. The summed E-state index contributed by atoms with van der Waals surface area (Å²) in [6.07, 6.45) is 5.93. The van der Waals surface area contributed by atoms with Crippen LogP contribution in [0.4, 0.5) is 0 Å². The summed E-state index contributed by atoms with van der Waals surface area (Å²) in [6, 6.07) is 0. The van der Waals surface area contributed by atoms with Gasteiger partial charge in [-0.1, -0.05) is 53.7 Å². The SMILES string of the molecule is CCOC(=O)[C@@H]1[C@H]2[C@H](C)[C@@H](O[Si](C)(C)C(C)(C)C)[C@H](C)C[C@@H]2C=C[C@@H]1C. The topological polar surface area (TPSA) is 35.5 Å². The summed E-state index contributed by atoms with van der Waals surface area (Å²) < 4.78 is 12.4. The molecule has 0 aromatic carbocycles. The maximum Gasteiger partial charge on any atom is 0.309 e. The Balaban J connectivity index is 2.31. The maximum atomic E-state index is 12.8. The minimum Gasteiger partial charge on any atom is -0.466 e. The molecule has 0 spiro atoms. The van der Waals surface area contributed by atoms with Crippen LogP contribution < -0.4 is 0 Å². The molecule has 0 aromatic rings. The van der Waals surface area contributed by atoms with Crippen LogP contribution in [0, 0.1) is 35.5 Å². The van der Waals surface area contributed by atoms with Crippen LogP contribution in [0.2, 0.25) is 18.1 Å². The molecule has 0 radical (unpaired) electrons. The van der Waals surface area contributed by atoms with Crippen molar-refractivity contribution in [3.8, 4) is 0 Å². The van der Waals surface area contributed by atoms with Crippen molar-refractivity contribution < 1.29 is 14.0 Å². The molecule has 0 bridgehead atoms. The van der Waals surface area contributed by atoms with Crippen LogP contribution in [0.25, 0.3) is 0 Å². The minimum atomic E-state index is -1.85. The van der Waals surface area contributed by atoms with E-state index in [1.807, 2.05) is 6.92 Å². The summed E-state index contributed by atoms with van der Waals surface area (Å²) in [6.45, 7) is 20.7. The number of fused-ring (bicyclic) bond motifs is 1. The van der Waals surface area contributed by atoms with E-state index < -0.39 is 8.32 Å². The third kappa shape index (κ3) is 4.11. The molecular formula is C22H40O3Si. The average Bonchev–Trinajstić information content (AvgIpc) is 2.51. The minimum absolute atomic E-state index is 0.0215. The van der Waals surface area contributed by atoms with Gasteiger partial charge in [-0.15, -0.1) is 0 Å². The Labute approximate surface area is 162 Å². The standard InChI is InChI=1S/C22H40O3Si/c1-10-24-21(23)18-14(2)11-12-17-13-15(3)20(16(4)19(17)18)25-26(8,9)22(5,6)7/h11-12,14-20H,10,13H2,1-9H3/t14-,15+,16-,17-,18-,19-,20-/m0/s1. The Bertz CT molecular complexity index is 534. The van der Waals surface area contributed by atoms with Crippen LogP contribution in [0.3, 0.4) is 0 Å². The van der Waals surface area contributed by atoms with Crippen molar-refractivity contribution in [3.05, 3.63) is 12.2 Å². The van der Waals surface area contributed by atoms with E-state index in [4.69, 9.17) is 9.16 Å². The molecule has 1 fully saturated rings. The van der Waals surface area contributed by atoms with E-state index in [9.17, 15) is 4.79 Å². The van der Waals surface area contributed by atoms with Crippen LogP contribution >= 0.6 is 0 Å². The smallest absolute Gasteiger partial charge is 0.309 e. The van der Waals surface area contributed by atoms with Crippen LogP contribution in [-0.2, 0) is 14.0 Å². The summed E-state index contributed by atoms with van der Waals surface area (Å²) in [5.74, 6) is 1.83. The maximum absolute atomic E-state index is 12.8. The van der Waals surface area contributed by atoms with Crippen LogP contribution in [-0.4, -0.2) is 27.0 Å². The molecule has 0 heterocycles. The predicted molar refractivity (Wildman–Crippen MR) is 110 cm³/mol. The molecule has 3 nitrogen and oxygen atoms in total. The van der Waals surface area contributed by atoms with E-state index in [1.54, 1.807) is 0 Å². The van der Waals surface area contributed by atoms with Crippen molar-refractivity contribution in [3.63, 3.8) is 0 Å². The highest BCUT2D eigenvalue weighted by molar-refractivity contribution is 6.74. The van der Waals surface area contributed by atoms with E-state index in [0.29, 0.717) is 30.3 Å². The first-order valence-electron chi connectivity index (χ1n) is 10.4. The first kappa shape index (κ1) is 21.7. The van der Waals surface area contributed by atoms with Gasteiger partial charge >= 0.3 is 5.97 Å². The number of hydrogen-bond donors (Lipinski definition) is 0. The van der Waals surface area contributed by atoms with E-state index in [-0.39, 0.29) is 28.9 Å². The normalized spacial score (nSPS) is 38.0. The lowest BCUT2D eigenvalue weighted by Gasteiger charge is -2.52. The number of rotatable bonds is 4. The number of carbonyl (C=O) groups is 1. The lowest BCUT2D eigenvalue weighted by molar-refractivity contribution is -0.157. The molecule has 0 unspecified atom stereocenters. The number of esters is 1. The Morgan fingerprint density at radius 2 is 1.77 bits per heavy atom. The molecule has 0 aromatic heterocycles. The fraction of sp³-hybridized carbons (Fsp3) is 0.864. The van der Waals surface area contributed by atoms with Crippen LogP contribution in [0.5, 0.6) is 0 Å². The molecule has 2 rings (SSSR count). The average molecular weight is 381 g/mol. The quantitative estimate of drug-likeness (QED) is 0.358. The monoisotopic (exact) mass is 380 g/mol. The molecule has 2 aliphatic rings. The summed E-state index contributed by atoms with van der Waals surface area (Å²) in [4.78, 5) is 12.8. The molecule has 26 heavy (non-hydrogen) atoms. The Hall–Kier alpha value is -0.613. The van der Waals surface area contributed by atoms with Gasteiger partial charge in [-0.3, -0.25) is 4.79 Å². The van der Waals surface area contributed by atoms with Crippen LogP contribution in [0.15, 0.2) is 12.2 Å². The molecule has 1 saturated carbocycles. The van der Waals surface area contributed by atoms with Gasteiger partial charge in [-0.05, 0) is 61.1 Å². The van der Waals surface area contributed by atoms with Crippen molar-refractivity contribution in [1.82, 2.24) is 0 Å². The van der Waals surface area contributed by atoms with E-state index >= 15 is 0 Å².